The Morgan fingerprint density at radius 3 is 2.67 bits per heavy atom. The van der Waals surface area contributed by atoms with Crippen LogP contribution in [0.1, 0.15) is 5.56 Å². The average molecular weight is 289 g/mol. The number of nitrogens with one attached hydrogen (secondary N) is 1. The fourth-order valence-electron chi connectivity index (χ4n) is 2.50. The first-order valence-corrected chi connectivity index (χ1v) is 6.99. The van der Waals surface area contributed by atoms with Crippen LogP contribution in [-0.2, 0) is 0 Å². The zero-order valence-electron chi connectivity index (χ0n) is 12.6. The van der Waals surface area contributed by atoms with Crippen molar-refractivity contribution in [1.29, 1.82) is 0 Å². The van der Waals surface area contributed by atoms with Gasteiger partial charge in [0.05, 0.1) is 12.8 Å². The van der Waals surface area contributed by atoms with Crippen molar-refractivity contribution in [3.05, 3.63) is 23.9 Å². The van der Waals surface area contributed by atoms with Crippen LogP contribution in [0.3, 0.4) is 0 Å². The number of piperazine rings is 1. The minimum absolute atomic E-state index is 0.593. The fourth-order valence-corrected chi connectivity index (χ4v) is 2.50. The number of ether oxygens (including phenoxy) is 1. The van der Waals surface area contributed by atoms with E-state index in [0.29, 0.717) is 11.4 Å². The van der Waals surface area contributed by atoms with Gasteiger partial charge in [0, 0.05) is 68.5 Å². The number of nitrogen functional groups attached to an aromatic ring is 1. The highest BCUT2D eigenvalue weighted by Crippen LogP contribution is 2.35. The quantitative estimate of drug-likeness (QED) is 0.560. The summed E-state index contributed by atoms with van der Waals surface area (Å²) in [6.45, 7) is 3.77. The smallest absolute Gasteiger partial charge is 0.143 e. The maximum atomic E-state index is 6.05. The molecular formula is C15H23N5O. The fraction of sp³-hybridized carbons (Fsp3) is 0.400. The van der Waals surface area contributed by atoms with Gasteiger partial charge in [0.1, 0.15) is 5.75 Å². The average Bonchev–Trinajstić information content (AvgIpc) is 2.53. The maximum absolute atomic E-state index is 6.05. The van der Waals surface area contributed by atoms with Crippen LogP contribution in [0.15, 0.2) is 23.3 Å². The second-order valence-electron chi connectivity index (χ2n) is 4.86. The van der Waals surface area contributed by atoms with E-state index in [1.807, 2.05) is 12.1 Å². The summed E-state index contributed by atoms with van der Waals surface area (Å²) in [6.07, 6.45) is 3.30. The number of anilines is 2. The predicted molar refractivity (Wildman–Crippen MR) is 89.1 cm³/mol. The van der Waals surface area contributed by atoms with E-state index in [0.717, 1.165) is 43.0 Å². The Hall–Kier alpha value is -2.21. The molecule has 1 aliphatic rings. The highest BCUT2D eigenvalue weighted by molar-refractivity contribution is 6.12. The summed E-state index contributed by atoms with van der Waals surface area (Å²) >= 11 is 0. The number of nitrogens with two attached hydrogens (primary N) is 2. The molecular weight excluding hydrogens is 266 g/mol. The van der Waals surface area contributed by atoms with Crippen molar-refractivity contribution in [2.24, 2.45) is 10.7 Å². The highest BCUT2D eigenvalue weighted by Gasteiger charge is 2.18. The number of methoxy groups -OCH3 is 1. The highest BCUT2D eigenvalue weighted by atomic mass is 16.5. The summed E-state index contributed by atoms with van der Waals surface area (Å²) < 4.78 is 5.35. The minimum Gasteiger partial charge on any atom is -0.495 e. The molecule has 1 heterocycles. The summed E-state index contributed by atoms with van der Waals surface area (Å²) in [5.74, 6) is 0.678. The molecule has 0 spiro atoms. The lowest BCUT2D eigenvalue weighted by Crippen LogP contribution is -2.43. The minimum atomic E-state index is 0.593. The van der Waals surface area contributed by atoms with Crippen LogP contribution in [-0.4, -0.2) is 46.6 Å². The van der Waals surface area contributed by atoms with Gasteiger partial charge in [0.25, 0.3) is 0 Å². The number of aliphatic imine (C=N–C) groups is 1. The number of benzene rings is 1. The Morgan fingerprint density at radius 2 is 2.10 bits per heavy atom. The van der Waals surface area contributed by atoms with E-state index in [1.54, 1.807) is 26.6 Å². The second kappa shape index (κ2) is 6.99. The van der Waals surface area contributed by atoms with E-state index >= 15 is 0 Å². The molecule has 21 heavy (non-hydrogen) atoms. The molecule has 2 rings (SSSR count). The van der Waals surface area contributed by atoms with E-state index in [2.05, 4.69) is 15.2 Å². The van der Waals surface area contributed by atoms with Gasteiger partial charge in [-0.15, -0.1) is 0 Å². The Labute approximate surface area is 125 Å². The molecule has 1 fully saturated rings. The molecule has 0 saturated carbocycles. The molecule has 0 amide bonds. The van der Waals surface area contributed by atoms with Crippen molar-refractivity contribution in [3.63, 3.8) is 0 Å². The van der Waals surface area contributed by atoms with Crippen LogP contribution in [0.2, 0.25) is 0 Å². The Morgan fingerprint density at radius 1 is 1.38 bits per heavy atom. The van der Waals surface area contributed by atoms with Gasteiger partial charge in [-0.3, -0.25) is 4.99 Å². The van der Waals surface area contributed by atoms with E-state index in [-0.39, 0.29) is 0 Å². The molecule has 1 aliphatic heterocycles. The van der Waals surface area contributed by atoms with Crippen LogP contribution < -0.4 is 26.4 Å². The third kappa shape index (κ3) is 3.28. The summed E-state index contributed by atoms with van der Waals surface area (Å²) in [5, 5.41) is 3.35. The number of rotatable bonds is 4. The van der Waals surface area contributed by atoms with Crippen molar-refractivity contribution in [3.8, 4) is 5.75 Å². The second-order valence-corrected chi connectivity index (χ2v) is 4.86. The molecule has 0 unspecified atom stereocenters. The van der Waals surface area contributed by atoms with Crippen LogP contribution in [0.4, 0.5) is 11.4 Å². The van der Waals surface area contributed by atoms with Gasteiger partial charge in [-0.2, -0.15) is 0 Å². The first-order chi connectivity index (χ1) is 10.2. The van der Waals surface area contributed by atoms with Crippen molar-refractivity contribution in [1.82, 2.24) is 5.32 Å². The number of hydrogen-bond acceptors (Lipinski definition) is 6. The molecule has 1 aromatic rings. The molecule has 0 aliphatic carbocycles. The largest absolute Gasteiger partial charge is 0.495 e. The van der Waals surface area contributed by atoms with Gasteiger partial charge < -0.3 is 26.4 Å². The van der Waals surface area contributed by atoms with Crippen molar-refractivity contribution in [2.45, 2.75) is 0 Å². The van der Waals surface area contributed by atoms with Gasteiger partial charge in [0.2, 0.25) is 0 Å². The van der Waals surface area contributed by atoms with Crippen molar-refractivity contribution < 1.29 is 4.74 Å². The number of nitrogens with zero attached hydrogens (tertiary/aromatic N) is 2. The van der Waals surface area contributed by atoms with Crippen LogP contribution >= 0.6 is 0 Å². The summed E-state index contributed by atoms with van der Waals surface area (Å²) in [5.41, 5.74) is 15.3. The van der Waals surface area contributed by atoms with Gasteiger partial charge in [-0.1, -0.05) is 0 Å². The number of allylic oxidation sites excluding steroid dienone is 1. The molecule has 6 heteroatoms. The molecule has 1 saturated heterocycles. The Bertz CT molecular complexity index is 547. The summed E-state index contributed by atoms with van der Waals surface area (Å²) in [4.78, 5) is 6.37. The summed E-state index contributed by atoms with van der Waals surface area (Å²) in [6, 6.07) is 3.87. The molecule has 114 valence electrons. The van der Waals surface area contributed by atoms with Crippen molar-refractivity contribution >= 4 is 23.2 Å². The number of hydrogen-bond donors (Lipinski definition) is 3. The first-order valence-electron chi connectivity index (χ1n) is 6.99. The van der Waals surface area contributed by atoms with E-state index in [4.69, 9.17) is 16.2 Å². The summed E-state index contributed by atoms with van der Waals surface area (Å²) in [7, 11) is 3.35. The van der Waals surface area contributed by atoms with Crippen molar-refractivity contribution in [2.75, 3.05) is 51.0 Å². The van der Waals surface area contributed by atoms with E-state index < -0.39 is 0 Å². The molecule has 0 bridgehead atoms. The third-order valence-electron chi connectivity index (χ3n) is 3.56. The Kier molecular flexibility index (Phi) is 5.05. The van der Waals surface area contributed by atoms with Gasteiger partial charge >= 0.3 is 0 Å². The van der Waals surface area contributed by atoms with Gasteiger partial charge in [-0.05, 0) is 6.07 Å². The van der Waals surface area contributed by atoms with Gasteiger partial charge in [0.15, 0.2) is 0 Å². The zero-order chi connectivity index (χ0) is 15.2. The molecule has 5 N–H and O–H groups in total. The van der Waals surface area contributed by atoms with Crippen LogP contribution in [0, 0.1) is 0 Å². The third-order valence-corrected chi connectivity index (χ3v) is 3.56. The lowest BCUT2D eigenvalue weighted by atomic mass is 10.0. The molecule has 0 aromatic heterocycles. The van der Waals surface area contributed by atoms with E-state index in [9.17, 15) is 0 Å². The molecule has 6 nitrogen and oxygen atoms in total. The molecule has 0 atom stereocenters. The zero-order valence-corrected chi connectivity index (χ0v) is 12.6. The predicted octanol–water partition coefficient (Wildman–Crippen LogP) is 0.687. The standard InChI is InChI=1S/C15H23N5O/c1-18-10-11(9-16)12-7-13(17)15(21-2)8-14(12)20-5-3-19-4-6-20/h7-10,19H,3-6,16-17H2,1-2H3. The Balaban J connectivity index is 2.52. The SMILES string of the molecule is CN=CC(=CN)c1cc(N)c(OC)cc1N1CCNCC1. The lowest BCUT2D eigenvalue weighted by molar-refractivity contribution is 0.417. The lowest BCUT2D eigenvalue weighted by Gasteiger charge is -2.31. The molecule has 1 aromatic carbocycles. The molecule has 0 radical (unpaired) electrons. The van der Waals surface area contributed by atoms with Gasteiger partial charge in [-0.25, -0.2) is 0 Å². The first kappa shape index (κ1) is 15.2. The maximum Gasteiger partial charge on any atom is 0.143 e. The topological polar surface area (TPSA) is 88.9 Å². The normalized spacial score (nSPS) is 16.5. The van der Waals surface area contributed by atoms with Crippen LogP contribution in [0.25, 0.3) is 5.57 Å². The van der Waals surface area contributed by atoms with Crippen LogP contribution in [0.5, 0.6) is 5.75 Å². The monoisotopic (exact) mass is 289 g/mol. The van der Waals surface area contributed by atoms with E-state index in [1.165, 1.54) is 0 Å².